The van der Waals surface area contributed by atoms with Gasteiger partial charge in [-0.25, -0.2) is 28.3 Å². The average Bonchev–Trinajstić information content (AvgIpc) is 1.35. The predicted molar refractivity (Wildman–Crippen MR) is 512 cm³/mol. The maximum Gasteiger partial charge on any atom is 0.401 e. The molecule has 0 aromatic carbocycles. The fourth-order valence-electron chi connectivity index (χ4n) is 12.1. The summed E-state index contributed by atoms with van der Waals surface area (Å²) in [5.74, 6) is -2.17. The van der Waals surface area contributed by atoms with E-state index in [-0.39, 0.29) is 94.2 Å². The summed E-state index contributed by atoms with van der Waals surface area (Å²) >= 11 is 37.0. The summed E-state index contributed by atoms with van der Waals surface area (Å²) in [5.41, 5.74) is 3.94. The maximum absolute atomic E-state index is 13.1. The second kappa shape index (κ2) is 56.6. The van der Waals surface area contributed by atoms with Gasteiger partial charge in [-0.1, -0.05) is 78.8 Å². The number of amides is 6. The number of aromatic nitrogens is 15. The predicted octanol–water partition coefficient (Wildman–Crippen LogP) is 22.6. The number of carbonyl (C=O) groups excluding carboxylic acids is 6. The summed E-state index contributed by atoms with van der Waals surface area (Å²) < 4.78 is 212. The Hall–Kier alpha value is -8.75. The second-order valence-corrected chi connectivity index (χ2v) is 37.7. The van der Waals surface area contributed by atoms with Crippen molar-refractivity contribution in [3.8, 4) is 28.4 Å². The minimum atomic E-state index is -4.64. The van der Waals surface area contributed by atoms with Crippen LogP contribution in [0, 0.1) is 5.92 Å². The minimum Gasteiger partial charge on any atom is -0.308 e. The monoisotopic (exact) mass is 2150 g/mol. The second-order valence-electron chi connectivity index (χ2n) is 29.2. The first-order chi connectivity index (χ1) is 64.6. The van der Waals surface area contributed by atoms with Gasteiger partial charge in [0.15, 0.2) is 25.8 Å². The van der Waals surface area contributed by atoms with Crippen LogP contribution in [0.5, 0.6) is 0 Å². The molecular formula is C84H95Cl5F16N20O6S6. The number of rotatable bonds is 40. The highest BCUT2D eigenvalue weighted by Crippen LogP contribution is 2.40. The Balaban J connectivity index is 0.000000263. The number of alkyl halides is 16. The molecule has 10 aromatic rings. The summed E-state index contributed by atoms with van der Waals surface area (Å²) in [5, 5.41) is 15.3. The van der Waals surface area contributed by atoms with Crippen molar-refractivity contribution in [3.05, 3.63) is 179 Å². The third-order valence-corrected chi connectivity index (χ3v) is 25.7. The number of hydrogen-bond donors (Lipinski definition) is 0. The number of unbranched alkanes of at least 4 members (excludes halogenated alkanes) is 1. The lowest BCUT2D eigenvalue weighted by Crippen LogP contribution is -2.41. The van der Waals surface area contributed by atoms with Crippen molar-refractivity contribution in [1.82, 2.24) is 73.8 Å². The van der Waals surface area contributed by atoms with Crippen molar-refractivity contribution in [1.29, 1.82) is 0 Å². The largest absolute Gasteiger partial charge is 0.401 e. The number of halogens is 21. The highest BCUT2D eigenvalue weighted by atomic mass is 35.5. The number of thioether (sulfide) groups is 6. The number of pyridine rings is 5. The Bertz CT molecular complexity index is 5380. The summed E-state index contributed by atoms with van der Waals surface area (Å²) in [6.45, 7) is 7.40. The van der Waals surface area contributed by atoms with Gasteiger partial charge < -0.3 is 19.6 Å². The van der Waals surface area contributed by atoms with Gasteiger partial charge in [0, 0.05) is 125 Å². The van der Waals surface area contributed by atoms with Crippen LogP contribution in [0.4, 0.5) is 98.7 Å². The van der Waals surface area contributed by atoms with Crippen LogP contribution < -0.4 is 24.5 Å². The van der Waals surface area contributed by atoms with Crippen LogP contribution in [0.2, 0.25) is 25.8 Å². The summed E-state index contributed by atoms with van der Waals surface area (Å²) in [7, 11) is 0. The van der Waals surface area contributed by atoms with Gasteiger partial charge in [0.05, 0.1) is 97.1 Å². The molecule has 0 N–H and O–H groups in total. The van der Waals surface area contributed by atoms with Crippen molar-refractivity contribution in [2.45, 2.75) is 150 Å². The van der Waals surface area contributed by atoms with E-state index in [1.807, 2.05) is 25.3 Å². The summed E-state index contributed by atoms with van der Waals surface area (Å²) in [4.78, 5) is 101. The summed E-state index contributed by atoms with van der Waals surface area (Å²) in [6, 6.07) is 17.1. The molecule has 750 valence electrons. The minimum absolute atomic E-state index is 0.0305. The molecule has 0 aliphatic rings. The average molecular weight is 2150 g/mol. The molecule has 0 spiro atoms. The molecule has 137 heavy (non-hydrogen) atoms. The highest BCUT2D eigenvalue weighted by Gasteiger charge is 2.45. The molecule has 0 radical (unpaired) electrons. The SMILES string of the molecule is CCN(C(=O)CCSC(C)C)c1cn(-c2cccnc2)nc1Cl.CSC(CC(=O)N(CCCC(F)(F)F)c1cn(-c2cccnc2)nc1Cl)C(F)(F)F.CSC(CC(=O)N(CCCCF)c1cn(-c2cccnc2)nc1Cl)C(F)(F)F.CSCC(C)C(=O)N(CCCC(F)(F)F)c1cn(-c2cccnc2)nc1Cl.CSCCC(=O)N(C(=O)CC(SC)C(F)(F)F)c1cn(-c2cccnc2)nc1Cl. The van der Waals surface area contributed by atoms with Crippen molar-refractivity contribution in [2.75, 3.05) is 106 Å². The molecule has 4 atom stereocenters. The zero-order chi connectivity index (χ0) is 102. The van der Waals surface area contributed by atoms with Gasteiger partial charge in [-0.05, 0) is 130 Å². The van der Waals surface area contributed by atoms with E-state index >= 15 is 0 Å². The standard InChI is InChI=1S/C17H17ClF6N4OS.C17H19ClF4N4OS.C17H18ClF3N4O2S2.C17H20ClF3N4OS.C16H21ClN4OS/c1-30-13(17(22,23)24)8-14(29)27(7-3-5-16(19,20)21)12-10-28(26-15(12)18)11-4-2-6-25-9-11;1-28-14(17(20,21)22)9-15(27)25(8-3-2-6-19)13-11-26(24-16(13)18)12-5-4-7-23-10-12;1-28-7-5-14(26)25(15(27)8-13(29-2)17(19,20)21)12-10-24(23-16(12)18)11-4-3-6-22-9-11;1-12(11-27-2)16(26)24(8-4-6-17(19,20)21)14-10-25(23-15(14)18)13-5-3-7-22-9-13;1-4-20(15(22)7-9-23-12(2)3)14-11-21(19-16(14)17)13-6-5-8-18-10-13/h2,4,6,9-10,13H,3,5,7-8H2,1H3;4-5,7,10-11,14H,2-3,6,8-9H2,1H3;3-4,6,9-10,13H,5,7-8H2,1-2H3;3,5,7,9-10,12H,4,6,8,11H2,1-2H3;5-6,8,10-12H,4,7,9H2,1-3H3. The third kappa shape index (κ3) is 38.0. The number of hydrogen-bond acceptors (Lipinski definition) is 22. The Morgan fingerprint density at radius 3 is 0.985 bits per heavy atom. The zero-order valence-corrected chi connectivity index (χ0v) is 83.2. The van der Waals surface area contributed by atoms with E-state index in [1.54, 1.807) is 126 Å². The number of anilines is 5. The van der Waals surface area contributed by atoms with Gasteiger partial charge >= 0.3 is 30.9 Å². The fraction of sp³-hybridized carbons (Fsp3) is 0.452. The molecule has 26 nitrogen and oxygen atoms in total. The Labute approximate surface area is 829 Å². The van der Waals surface area contributed by atoms with Crippen molar-refractivity contribution in [3.63, 3.8) is 0 Å². The molecule has 0 saturated carbocycles. The molecule has 10 heterocycles. The van der Waals surface area contributed by atoms with Gasteiger partial charge in [-0.15, -0.1) is 0 Å². The van der Waals surface area contributed by atoms with Gasteiger partial charge in [-0.3, -0.25) is 58.1 Å². The molecular weight excluding hydrogens is 2060 g/mol. The lowest BCUT2D eigenvalue weighted by atomic mass is 10.1. The van der Waals surface area contributed by atoms with Crippen molar-refractivity contribution >= 4 is 192 Å². The third-order valence-electron chi connectivity index (χ3n) is 18.8. The van der Waals surface area contributed by atoms with E-state index in [0.717, 1.165) is 21.2 Å². The molecule has 0 saturated heterocycles. The normalized spacial score (nSPS) is 12.6. The van der Waals surface area contributed by atoms with E-state index in [2.05, 4.69) is 64.3 Å². The first kappa shape index (κ1) is 117. The van der Waals surface area contributed by atoms with Crippen LogP contribution in [0.15, 0.2) is 154 Å². The first-order valence-electron chi connectivity index (χ1n) is 41.1. The van der Waals surface area contributed by atoms with Gasteiger partial charge in [0.2, 0.25) is 35.4 Å². The van der Waals surface area contributed by atoms with Crippen LogP contribution in [-0.2, 0) is 28.8 Å². The smallest absolute Gasteiger partial charge is 0.308 e. The van der Waals surface area contributed by atoms with E-state index in [0.29, 0.717) is 109 Å². The molecule has 53 heteroatoms. The maximum atomic E-state index is 13.1. The quantitative estimate of drug-likeness (QED) is 0.0255. The molecule has 10 rings (SSSR count). The van der Waals surface area contributed by atoms with Crippen molar-refractivity contribution < 1.29 is 99.0 Å². The lowest BCUT2D eigenvalue weighted by Gasteiger charge is -2.25. The number of nitrogens with zero attached hydrogens (tertiary/aromatic N) is 20. The van der Waals surface area contributed by atoms with Crippen LogP contribution in [-0.4, -0.2) is 243 Å². The molecule has 0 fully saturated rings. The molecule has 0 aliphatic heterocycles. The van der Waals surface area contributed by atoms with Gasteiger partial charge in [-0.2, -0.15) is 162 Å². The molecule has 6 amide bonds. The van der Waals surface area contributed by atoms with Crippen molar-refractivity contribution in [2.24, 2.45) is 5.92 Å². The van der Waals surface area contributed by atoms with Gasteiger partial charge in [0.1, 0.15) is 44.2 Å². The lowest BCUT2D eigenvalue weighted by molar-refractivity contribution is -0.140. The topological polar surface area (TPSA) is 272 Å². The summed E-state index contributed by atoms with van der Waals surface area (Å²) in [6.07, 6.45) is 3.42. The molecule has 0 aliphatic carbocycles. The van der Waals surface area contributed by atoms with E-state index in [9.17, 15) is 99.0 Å². The van der Waals surface area contributed by atoms with Crippen LogP contribution in [0.25, 0.3) is 28.4 Å². The molecule has 4 unspecified atom stereocenters. The zero-order valence-electron chi connectivity index (χ0n) is 74.5. The van der Waals surface area contributed by atoms with E-state index < -0.39 is 122 Å². The number of imide groups is 1. The molecule has 0 bridgehead atoms. The number of carbonyl (C=O) groups is 6. The Morgan fingerprint density at radius 1 is 0.387 bits per heavy atom. The molecule has 10 aromatic heterocycles. The van der Waals surface area contributed by atoms with Crippen LogP contribution in [0.3, 0.4) is 0 Å². The van der Waals surface area contributed by atoms with E-state index in [1.165, 1.54) is 115 Å². The Kier molecular flexibility index (Phi) is 48.3. The fourth-order valence-corrected chi connectivity index (χ4v) is 16.8. The highest BCUT2D eigenvalue weighted by molar-refractivity contribution is 8.00. The van der Waals surface area contributed by atoms with E-state index in [4.69, 9.17) is 58.0 Å². The first-order valence-corrected chi connectivity index (χ1v) is 50.7. The van der Waals surface area contributed by atoms with Crippen LogP contribution in [0.1, 0.15) is 98.3 Å². The Morgan fingerprint density at radius 2 is 0.693 bits per heavy atom. The van der Waals surface area contributed by atoms with Gasteiger partial charge in [0.25, 0.3) is 0 Å². The van der Waals surface area contributed by atoms with Crippen LogP contribution >= 0.6 is 129 Å².